The maximum atomic E-state index is 13.2. The zero-order valence-corrected chi connectivity index (χ0v) is 17.4. The molecule has 0 fully saturated rings. The second kappa shape index (κ2) is 8.65. The summed E-state index contributed by atoms with van der Waals surface area (Å²) in [6, 6.07) is 15.2. The van der Waals surface area contributed by atoms with Crippen LogP contribution in [0.2, 0.25) is 0 Å². The number of rotatable bonds is 6. The van der Waals surface area contributed by atoms with Crippen molar-refractivity contribution < 1.29 is 13.2 Å². The summed E-state index contributed by atoms with van der Waals surface area (Å²) in [6.07, 6.45) is 4.72. The fraction of sp³-hybridized carbons (Fsp3) is 0.182. The van der Waals surface area contributed by atoms with Crippen LogP contribution in [0.4, 0.5) is 0 Å². The van der Waals surface area contributed by atoms with Gasteiger partial charge in [-0.05, 0) is 29.8 Å². The molecule has 158 valence electrons. The number of aromatic nitrogens is 3. The molecule has 1 aliphatic heterocycles. The second-order valence-electron chi connectivity index (χ2n) is 7.18. The lowest BCUT2D eigenvalue weighted by Crippen LogP contribution is -2.43. The molecule has 0 aliphatic carbocycles. The van der Waals surface area contributed by atoms with E-state index >= 15 is 0 Å². The molecule has 0 saturated carbocycles. The van der Waals surface area contributed by atoms with Crippen molar-refractivity contribution in [1.82, 2.24) is 19.7 Å². The van der Waals surface area contributed by atoms with Gasteiger partial charge in [0.05, 0.1) is 17.5 Å². The zero-order chi connectivity index (χ0) is 21.8. The molecular weight excluding hydrogens is 416 g/mol. The van der Waals surface area contributed by atoms with Crippen LogP contribution in [-0.2, 0) is 27.7 Å². The van der Waals surface area contributed by atoms with Crippen molar-refractivity contribution in [2.24, 2.45) is 0 Å². The smallest absolute Gasteiger partial charge is 0.267 e. The van der Waals surface area contributed by atoms with Crippen LogP contribution in [0.15, 0.2) is 83.3 Å². The molecule has 2 aromatic heterocycles. The van der Waals surface area contributed by atoms with Crippen LogP contribution in [0.25, 0.3) is 11.3 Å². The molecule has 1 atom stereocenters. The van der Waals surface area contributed by atoms with Crippen LogP contribution >= 0.6 is 0 Å². The van der Waals surface area contributed by atoms with Gasteiger partial charge in [0, 0.05) is 36.0 Å². The quantitative estimate of drug-likeness (QED) is 0.582. The van der Waals surface area contributed by atoms with Gasteiger partial charge in [0.2, 0.25) is 5.91 Å². The number of pyridine rings is 1. The first-order valence-electron chi connectivity index (χ1n) is 9.64. The van der Waals surface area contributed by atoms with Gasteiger partial charge in [0.15, 0.2) is 9.84 Å². The van der Waals surface area contributed by atoms with Crippen LogP contribution in [-0.4, -0.2) is 45.8 Å². The number of carbonyl (C=O) groups is 1. The van der Waals surface area contributed by atoms with Gasteiger partial charge in [-0.3, -0.25) is 14.6 Å². The Morgan fingerprint density at radius 2 is 1.81 bits per heavy atom. The van der Waals surface area contributed by atoms with E-state index in [9.17, 15) is 18.0 Å². The Morgan fingerprint density at radius 3 is 2.48 bits per heavy atom. The fourth-order valence-corrected chi connectivity index (χ4v) is 4.67. The van der Waals surface area contributed by atoms with Crippen LogP contribution in [0.5, 0.6) is 0 Å². The Kier molecular flexibility index (Phi) is 5.77. The average Bonchev–Trinajstić information content (AvgIpc) is 3.14. The molecule has 1 aromatic carbocycles. The predicted molar refractivity (Wildman–Crippen MR) is 115 cm³/mol. The molecule has 0 saturated heterocycles. The molecule has 4 rings (SSSR count). The third-order valence-corrected chi connectivity index (χ3v) is 6.33. The summed E-state index contributed by atoms with van der Waals surface area (Å²) in [5, 5.41) is 5.47. The van der Waals surface area contributed by atoms with Crippen molar-refractivity contribution in [2.45, 2.75) is 19.1 Å². The number of hydrogen-bond acceptors (Lipinski definition) is 6. The molecule has 1 aliphatic rings. The summed E-state index contributed by atoms with van der Waals surface area (Å²) < 4.78 is 25.0. The molecule has 0 bridgehead atoms. The molecule has 8 nitrogen and oxygen atoms in total. The minimum Gasteiger partial charge on any atom is -0.329 e. The van der Waals surface area contributed by atoms with Gasteiger partial charge in [-0.25, -0.2) is 13.1 Å². The highest BCUT2D eigenvalue weighted by atomic mass is 32.2. The monoisotopic (exact) mass is 436 g/mol. The number of benzene rings is 1. The number of sulfone groups is 1. The Hall–Kier alpha value is -3.59. The standard InChI is InChI=1S/C22H20N4O4S/c27-21-7-6-20(18-4-2-1-3-5-18)24-26(21)15-22(28)25(14-17-8-11-23-12-9-17)19-10-13-31(29,30)16-19/h1-13,19H,14-16H2. The van der Waals surface area contributed by atoms with E-state index in [1.807, 2.05) is 30.3 Å². The largest absolute Gasteiger partial charge is 0.329 e. The first-order valence-corrected chi connectivity index (χ1v) is 11.4. The predicted octanol–water partition coefficient (Wildman–Crippen LogP) is 1.64. The van der Waals surface area contributed by atoms with Gasteiger partial charge in [-0.15, -0.1) is 0 Å². The Bertz CT molecular complexity index is 1270. The van der Waals surface area contributed by atoms with Gasteiger partial charge in [0.1, 0.15) is 6.54 Å². The van der Waals surface area contributed by atoms with Gasteiger partial charge in [-0.1, -0.05) is 30.3 Å². The van der Waals surface area contributed by atoms with E-state index in [0.717, 1.165) is 21.2 Å². The third kappa shape index (κ3) is 4.95. The van der Waals surface area contributed by atoms with Crippen LogP contribution in [0, 0.1) is 0 Å². The molecule has 3 aromatic rings. The maximum Gasteiger partial charge on any atom is 0.267 e. The van der Waals surface area contributed by atoms with Crippen molar-refractivity contribution >= 4 is 15.7 Å². The number of amides is 1. The number of carbonyl (C=O) groups excluding carboxylic acids is 1. The molecule has 31 heavy (non-hydrogen) atoms. The molecule has 1 unspecified atom stereocenters. The number of hydrogen-bond donors (Lipinski definition) is 0. The van der Waals surface area contributed by atoms with Crippen molar-refractivity contribution in [1.29, 1.82) is 0 Å². The first-order chi connectivity index (χ1) is 14.9. The Balaban J connectivity index is 1.62. The Labute approximate surface area is 179 Å². The van der Waals surface area contributed by atoms with Gasteiger partial charge >= 0.3 is 0 Å². The van der Waals surface area contributed by atoms with Gasteiger partial charge in [-0.2, -0.15) is 5.10 Å². The van der Waals surface area contributed by atoms with Crippen LogP contribution in [0.3, 0.4) is 0 Å². The van der Waals surface area contributed by atoms with Crippen molar-refractivity contribution in [3.63, 3.8) is 0 Å². The molecule has 3 heterocycles. The lowest BCUT2D eigenvalue weighted by atomic mass is 10.1. The molecule has 1 amide bonds. The fourth-order valence-electron chi connectivity index (χ4n) is 3.37. The lowest BCUT2D eigenvalue weighted by molar-refractivity contribution is -0.133. The minimum atomic E-state index is -3.36. The SMILES string of the molecule is O=C(Cn1nc(-c2ccccc2)ccc1=O)N(Cc1ccncc1)C1C=CS(=O)(=O)C1. The van der Waals surface area contributed by atoms with Crippen molar-refractivity contribution in [3.05, 3.63) is 94.4 Å². The van der Waals surface area contributed by atoms with E-state index in [1.54, 1.807) is 30.6 Å². The number of nitrogens with zero attached hydrogens (tertiary/aromatic N) is 4. The summed E-state index contributed by atoms with van der Waals surface area (Å²) in [5.74, 6) is -0.584. The highest BCUT2D eigenvalue weighted by Gasteiger charge is 2.30. The summed E-state index contributed by atoms with van der Waals surface area (Å²) in [5.41, 5.74) is 1.78. The lowest BCUT2D eigenvalue weighted by Gasteiger charge is -2.27. The van der Waals surface area contributed by atoms with E-state index in [2.05, 4.69) is 10.1 Å². The van der Waals surface area contributed by atoms with Crippen molar-refractivity contribution in [2.75, 3.05) is 5.75 Å². The molecule has 0 spiro atoms. The summed E-state index contributed by atoms with van der Waals surface area (Å²) in [4.78, 5) is 31.0. The Morgan fingerprint density at radius 1 is 1.06 bits per heavy atom. The van der Waals surface area contributed by atoms with Crippen LogP contribution < -0.4 is 5.56 Å². The van der Waals surface area contributed by atoms with E-state index < -0.39 is 27.3 Å². The van der Waals surface area contributed by atoms with Crippen LogP contribution in [0.1, 0.15) is 5.56 Å². The zero-order valence-electron chi connectivity index (χ0n) is 16.5. The normalized spacial score (nSPS) is 16.8. The van der Waals surface area contributed by atoms with Crippen molar-refractivity contribution in [3.8, 4) is 11.3 Å². The molecule has 0 N–H and O–H groups in total. The molecular formula is C22H20N4O4S. The third-order valence-electron chi connectivity index (χ3n) is 4.96. The summed E-state index contributed by atoms with van der Waals surface area (Å²) in [7, 11) is -3.36. The average molecular weight is 436 g/mol. The molecule has 9 heteroatoms. The highest BCUT2D eigenvalue weighted by molar-refractivity contribution is 7.94. The van der Waals surface area contributed by atoms with E-state index in [4.69, 9.17) is 0 Å². The van der Waals surface area contributed by atoms with Gasteiger partial charge < -0.3 is 4.90 Å². The highest BCUT2D eigenvalue weighted by Crippen LogP contribution is 2.18. The topological polar surface area (TPSA) is 102 Å². The van der Waals surface area contributed by atoms with E-state index in [1.165, 1.54) is 17.0 Å². The maximum absolute atomic E-state index is 13.2. The summed E-state index contributed by atoms with van der Waals surface area (Å²) in [6.45, 7) is -0.103. The van der Waals surface area contributed by atoms with E-state index in [-0.39, 0.29) is 18.8 Å². The minimum absolute atomic E-state index is 0.184. The van der Waals surface area contributed by atoms with Gasteiger partial charge in [0.25, 0.3) is 5.56 Å². The first kappa shape index (κ1) is 20.7. The second-order valence-corrected chi connectivity index (χ2v) is 9.11. The molecule has 0 radical (unpaired) electrons. The summed E-state index contributed by atoms with van der Waals surface area (Å²) >= 11 is 0. The van der Waals surface area contributed by atoms with E-state index in [0.29, 0.717) is 5.69 Å².